The van der Waals surface area contributed by atoms with Crippen molar-refractivity contribution >= 4 is 29.3 Å². The topological polar surface area (TPSA) is 71.3 Å². The fraction of sp³-hybridized carbons (Fsp3) is 0.100. The van der Waals surface area contributed by atoms with Gasteiger partial charge in [0.15, 0.2) is 0 Å². The number of hydrogen-bond donors (Lipinski definition) is 1. The highest BCUT2D eigenvalue weighted by Gasteiger charge is 2.11. The number of terminal acetylenes is 1. The molecule has 0 radical (unpaired) electrons. The average molecular weight is 367 g/mol. The quantitative estimate of drug-likeness (QED) is 0.478. The van der Waals surface area contributed by atoms with Crippen LogP contribution >= 0.6 is 11.6 Å². The standard InChI is InChI=1S/C20H15ClN2O3/c1-3-10-26-17-7-4-14(5-8-17)11-15(13-22)20(24)23-16-6-9-19(25-2)18(21)12-16/h1,4-9,11-12H,10H2,2H3,(H,23,24)/b15-11-. The number of nitrogens with one attached hydrogen (secondary N) is 1. The molecule has 5 nitrogen and oxygen atoms in total. The maximum atomic E-state index is 12.3. The fourth-order valence-electron chi connectivity index (χ4n) is 2.04. The molecule has 1 N–H and O–H groups in total. The zero-order chi connectivity index (χ0) is 18.9. The second-order valence-electron chi connectivity index (χ2n) is 5.04. The number of ether oxygens (including phenoxy) is 2. The van der Waals surface area contributed by atoms with E-state index in [4.69, 9.17) is 27.5 Å². The highest BCUT2D eigenvalue weighted by molar-refractivity contribution is 6.32. The molecule has 0 aromatic heterocycles. The summed E-state index contributed by atoms with van der Waals surface area (Å²) in [6.45, 7) is 0.172. The molecule has 0 saturated carbocycles. The van der Waals surface area contributed by atoms with Crippen molar-refractivity contribution < 1.29 is 14.3 Å². The molecule has 0 aliphatic carbocycles. The number of anilines is 1. The van der Waals surface area contributed by atoms with Gasteiger partial charge in [-0.2, -0.15) is 5.26 Å². The van der Waals surface area contributed by atoms with E-state index in [1.165, 1.54) is 13.2 Å². The lowest BCUT2D eigenvalue weighted by atomic mass is 10.1. The van der Waals surface area contributed by atoms with Gasteiger partial charge in [-0.1, -0.05) is 29.7 Å². The van der Waals surface area contributed by atoms with Crippen LogP contribution in [0, 0.1) is 23.7 Å². The Bertz CT molecular complexity index is 906. The van der Waals surface area contributed by atoms with E-state index >= 15 is 0 Å². The van der Waals surface area contributed by atoms with Crippen molar-refractivity contribution in [3.05, 3.63) is 58.6 Å². The second-order valence-corrected chi connectivity index (χ2v) is 5.44. The number of amides is 1. The van der Waals surface area contributed by atoms with Gasteiger partial charge in [-0.25, -0.2) is 0 Å². The van der Waals surface area contributed by atoms with E-state index in [1.54, 1.807) is 42.5 Å². The molecule has 0 spiro atoms. The number of hydrogen-bond acceptors (Lipinski definition) is 4. The Balaban J connectivity index is 2.13. The summed E-state index contributed by atoms with van der Waals surface area (Å²) in [5.74, 6) is 2.93. The zero-order valence-corrected chi connectivity index (χ0v) is 14.7. The van der Waals surface area contributed by atoms with Crippen LogP contribution < -0.4 is 14.8 Å². The van der Waals surface area contributed by atoms with E-state index < -0.39 is 5.91 Å². The second kappa shape index (κ2) is 9.17. The van der Waals surface area contributed by atoms with E-state index in [0.717, 1.165) is 0 Å². The van der Waals surface area contributed by atoms with Gasteiger partial charge in [0, 0.05) is 5.69 Å². The van der Waals surface area contributed by atoms with Crippen molar-refractivity contribution in [3.8, 4) is 29.9 Å². The van der Waals surface area contributed by atoms with E-state index in [-0.39, 0.29) is 12.2 Å². The molecule has 0 bridgehead atoms. The molecule has 0 atom stereocenters. The Morgan fingerprint density at radius 2 is 2.04 bits per heavy atom. The van der Waals surface area contributed by atoms with Crippen molar-refractivity contribution in [3.63, 3.8) is 0 Å². The van der Waals surface area contributed by atoms with Crippen LogP contribution in [0.3, 0.4) is 0 Å². The van der Waals surface area contributed by atoms with Crippen LogP contribution in [0.25, 0.3) is 6.08 Å². The van der Waals surface area contributed by atoms with Gasteiger partial charge in [0.1, 0.15) is 29.7 Å². The predicted octanol–water partition coefficient (Wildman–Crippen LogP) is 3.91. The van der Waals surface area contributed by atoms with Gasteiger partial charge in [-0.3, -0.25) is 4.79 Å². The number of carbonyl (C=O) groups is 1. The van der Waals surface area contributed by atoms with Gasteiger partial charge in [0.2, 0.25) is 0 Å². The molecule has 0 aliphatic rings. The van der Waals surface area contributed by atoms with Crippen molar-refractivity contribution in [2.75, 3.05) is 19.0 Å². The van der Waals surface area contributed by atoms with Crippen molar-refractivity contribution in [2.24, 2.45) is 0 Å². The van der Waals surface area contributed by atoms with Crippen LogP contribution in [0.1, 0.15) is 5.56 Å². The number of carbonyl (C=O) groups excluding carboxylic acids is 1. The van der Waals surface area contributed by atoms with Crippen LogP contribution in [-0.2, 0) is 4.79 Å². The summed E-state index contributed by atoms with van der Waals surface area (Å²) in [4.78, 5) is 12.3. The molecule has 0 unspecified atom stereocenters. The lowest BCUT2D eigenvalue weighted by Crippen LogP contribution is -2.13. The van der Waals surface area contributed by atoms with E-state index in [1.807, 2.05) is 6.07 Å². The van der Waals surface area contributed by atoms with Crippen molar-refractivity contribution in [1.82, 2.24) is 0 Å². The molecule has 2 aromatic rings. The van der Waals surface area contributed by atoms with Gasteiger partial charge < -0.3 is 14.8 Å². The van der Waals surface area contributed by atoms with Crippen LogP contribution in [0.2, 0.25) is 5.02 Å². The maximum absolute atomic E-state index is 12.3. The van der Waals surface area contributed by atoms with Crippen LogP contribution in [0.4, 0.5) is 5.69 Å². The first-order chi connectivity index (χ1) is 12.6. The van der Waals surface area contributed by atoms with Gasteiger partial charge in [0.05, 0.1) is 12.1 Å². The lowest BCUT2D eigenvalue weighted by Gasteiger charge is -2.07. The molecule has 2 aromatic carbocycles. The minimum absolute atomic E-state index is 0.0470. The Hall–Kier alpha value is -3.41. The zero-order valence-electron chi connectivity index (χ0n) is 14.0. The molecular weight excluding hydrogens is 352 g/mol. The number of rotatable bonds is 6. The number of halogens is 1. The summed E-state index contributed by atoms with van der Waals surface area (Å²) in [5.41, 5.74) is 1.09. The van der Waals surface area contributed by atoms with E-state index in [2.05, 4.69) is 11.2 Å². The highest BCUT2D eigenvalue weighted by atomic mass is 35.5. The van der Waals surface area contributed by atoms with Crippen molar-refractivity contribution in [2.45, 2.75) is 0 Å². The summed E-state index contributed by atoms with van der Waals surface area (Å²) < 4.78 is 10.3. The summed E-state index contributed by atoms with van der Waals surface area (Å²) in [5, 5.41) is 12.3. The molecule has 2 rings (SSSR count). The van der Waals surface area contributed by atoms with Crippen molar-refractivity contribution in [1.29, 1.82) is 5.26 Å². The fourth-order valence-corrected chi connectivity index (χ4v) is 2.30. The summed E-state index contributed by atoms with van der Waals surface area (Å²) >= 11 is 6.03. The minimum atomic E-state index is -0.540. The van der Waals surface area contributed by atoms with E-state index in [0.29, 0.717) is 27.8 Å². The number of nitriles is 1. The predicted molar refractivity (Wildman–Crippen MR) is 101 cm³/mol. The molecule has 0 heterocycles. The van der Waals surface area contributed by atoms with E-state index in [9.17, 15) is 10.1 Å². The monoisotopic (exact) mass is 366 g/mol. The largest absolute Gasteiger partial charge is 0.495 e. The number of nitrogens with zero attached hydrogens (tertiary/aromatic N) is 1. The molecule has 1 amide bonds. The smallest absolute Gasteiger partial charge is 0.266 e. The van der Waals surface area contributed by atoms with Gasteiger partial charge >= 0.3 is 0 Å². The first kappa shape index (κ1) is 18.9. The average Bonchev–Trinajstić information content (AvgIpc) is 2.65. The lowest BCUT2D eigenvalue weighted by molar-refractivity contribution is -0.112. The molecule has 0 fully saturated rings. The third-order valence-electron chi connectivity index (χ3n) is 3.29. The molecule has 0 aliphatic heterocycles. The molecular formula is C20H15ClN2O3. The van der Waals surface area contributed by atoms with Crippen LogP contribution in [-0.4, -0.2) is 19.6 Å². The first-order valence-electron chi connectivity index (χ1n) is 7.50. The highest BCUT2D eigenvalue weighted by Crippen LogP contribution is 2.27. The third-order valence-corrected chi connectivity index (χ3v) is 3.58. The molecule has 26 heavy (non-hydrogen) atoms. The number of benzene rings is 2. The number of methoxy groups -OCH3 is 1. The first-order valence-corrected chi connectivity index (χ1v) is 7.88. The third kappa shape index (κ3) is 5.04. The van der Waals surface area contributed by atoms with Crippen LogP contribution in [0.15, 0.2) is 48.0 Å². The molecule has 130 valence electrons. The normalized spacial score (nSPS) is 10.4. The van der Waals surface area contributed by atoms with Gasteiger partial charge in [-0.15, -0.1) is 6.42 Å². The maximum Gasteiger partial charge on any atom is 0.266 e. The Labute approximate surface area is 156 Å². The summed E-state index contributed by atoms with van der Waals surface area (Å²) in [6, 6.07) is 13.6. The molecule has 6 heteroatoms. The van der Waals surface area contributed by atoms with Gasteiger partial charge in [-0.05, 0) is 42.0 Å². The Morgan fingerprint density at radius 1 is 1.31 bits per heavy atom. The van der Waals surface area contributed by atoms with Crippen LogP contribution in [0.5, 0.6) is 11.5 Å². The SMILES string of the molecule is C#CCOc1ccc(/C=C(/C#N)C(=O)Nc2ccc(OC)c(Cl)c2)cc1. The Kier molecular flexibility index (Phi) is 6.68. The molecule has 0 saturated heterocycles. The summed E-state index contributed by atoms with van der Waals surface area (Å²) in [7, 11) is 1.50. The minimum Gasteiger partial charge on any atom is -0.495 e. The van der Waals surface area contributed by atoms with Gasteiger partial charge in [0.25, 0.3) is 5.91 Å². The summed E-state index contributed by atoms with van der Waals surface area (Å²) in [6.07, 6.45) is 6.61. The Morgan fingerprint density at radius 3 is 2.62 bits per heavy atom.